The quantitative estimate of drug-likeness (QED) is 0.636. The Labute approximate surface area is 159 Å². The van der Waals surface area contributed by atoms with Crippen LogP contribution < -0.4 is 4.74 Å². The normalized spacial score (nSPS) is 24.1. The SMILES string of the molecule is CCOC(=O)CN1CCC([C@H]2C[C@@H]2COc2ccc(Br)c(C)c2)CC1. The molecular formula is C20H28BrNO3. The van der Waals surface area contributed by atoms with Gasteiger partial charge in [-0.25, -0.2) is 0 Å². The Morgan fingerprint density at radius 2 is 2.08 bits per heavy atom. The zero-order valence-electron chi connectivity index (χ0n) is 15.2. The van der Waals surface area contributed by atoms with Crippen LogP contribution in [0.25, 0.3) is 0 Å². The van der Waals surface area contributed by atoms with Crippen molar-refractivity contribution in [1.82, 2.24) is 4.90 Å². The van der Waals surface area contributed by atoms with E-state index in [4.69, 9.17) is 9.47 Å². The number of piperidine rings is 1. The highest BCUT2D eigenvalue weighted by molar-refractivity contribution is 9.10. The lowest BCUT2D eigenvalue weighted by Crippen LogP contribution is -2.38. The third-order valence-electron chi connectivity index (χ3n) is 5.47. The van der Waals surface area contributed by atoms with Crippen molar-refractivity contribution in [2.75, 3.05) is 32.8 Å². The molecule has 3 rings (SSSR count). The molecular weight excluding hydrogens is 382 g/mol. The summed E-state index contributed by atoms with van der Waals surface area (Å²) in [5, 5.41) is 0. The molecule has 0 radical (unpaired) electrons. The molecule has 1 saturated carbocycles. The van der Waals surface area contributed by atoms with Crippen molar-refractivity contribution in [3.05, 3.63) is 28.2 Å². The van der Waals surface area contributed by atoms with E-state index in [1.54, 1.807) is 0 Å². The Hall–Kier alpha value is -1.07. The maximum Gasteiger partial charge on any atom is 0.320 e. The van der Waals surface area contributed by atoms with E-state index in [1.807, 2.05) is 19.1 Å². The molecule has 2 fully saturated rings. The van der Waals surface area contributed by atoms with Crippen molar-refractivity contribution in [1.29, 1.82) is 0 Å². The molecule has 0 unspecified atom stereocenters. The second-order valence-corrected chi connectivity index (χ2v) is 8.15. The first-order valence-electron chi connectivity index (χ1n) is 9.33. The van der Waals surface area contributed by atoms with Crippen molar-refractivity contribution >= 4 is 21.9 Å². The first kappa shape index (κ1) is 18.7. The Bertz CT molecular complexity index is 599. The van der Waals surface area contributed by atoms with Gasteiger partial charge in [-0.05, 0) is 87.7 Å². The molecule has 1 aliphatic heterocycles. The monoisotopic (exact) mass is 409 g/mol. The molecule has 5 heteroatoms. The molecule has 0 spiro atoms. The number of nitrogens with zero attached hydrogens (tertiary/aromatic N) is 1. The second kappa shape index (κ2) is 8.54. The van der Waals surface area contributed by atoms with Crippen LogP contribution in [0, 0.1) is 24.7 Å². The molecule has 1 aromatic carbocycles. The number of aryl methyl sites for hydroxylation is 1. The second-order valence-electron chi connectivity index (χ2n) is 7.30. The Morgan fingerprint density at radius 3 is 2.76 bits per heavy atom. The number of esters is 1. The molecule has 0 aromatic heterocycles. The number of rotatable bonds is 7. The van der Waals surface area contributed by atoms with Crippen LogP contribution in [-0.4, -0.2) is 43.7 Å². The van der Waals surface area contributed by atoms with E-state index in [-0.39, 0.29) is 5.97 Å². The number of ether oxygens (including phenoxy) is 2. The van der Waals surface area contributed by atoms with Crippen LogP contribution in [0.2, 0.25) is 0 Å². The van der Waals surface area contributed by atoms with Crippen LogP contribution in [0.4, 0.5) is 0 Å². The summed E-state index contributed by atoms with van der Waals surface area (Å²) in [5.74, 6) is 3.17. The van der Waals surface area contributed by atoms with Gasteiger partial charge < -0.3 is 9.47 Å². The fourth-order valence-corrected chi connectivity index (χ4v) is 4.13. The smallest absolute Gasteiger partial charge is 0.320 e. The zero-order valence-corrected chi connectivity index (χ0v) is 16.8. The number of carbonyl (C=O) groups is 1. The lowest BCUT2D eigenvalue weighted by atomic mass is 9.91. The molecule has 0 N–H and O–H groups in total. The Balaban J connectivity index is 1.37. The van der Waals surface area contributed by atoms with E-state index >= 15 is 0 Å². The van der Waals surface area contributed by atoms with Crippen LogP contribution >= 0.6 is 15.9 Å². The summed E-state index contributed by atoms with van der Waals surface area (Å²) in [6.45, 7) is 7.71. The number of hydrogen-bond acceptors (Lipinski definition) is 4. The molecule has 1 aliphatic carbocycles. The summed E-state index contributed by atoms with van der Waals surface area (Å²) >= 11 is 3.52. The number of halogens is 1. The first-order valence-corrected chi connectivity index (χ1v) is 10.1. The van der Waals surface area contributed by atoms with Crippen LogP contribution in [0.15, 0.2) is 22.7 Å². The third-order valence-corrected chi connectivity index (χ3v) is 6.36. The van der Waals surface area contributed by atoms with Crippen molar-refractivity contribution in [2.24, 2.45) is 17.8 Å². The van der Waals surface area contributed by atoms with Crippen LogP contribution in [0.1, 0.15) is 31.7 Å². The van der Waals surface area contributed by atoms with Gasteiger partial charge in [0.15, 0.2) is 0 Å². The minimum atomic E-state index is -0.0940. The molecule has 2 aliphatic rings. The fraction of sp³-hybridized carbons (Fsp3) is 0.650. The van der Waals surface area contributed by atoms with Gasteiger partial charge in [-0.2, -0.15) is 0 Å². The van der Waals surface area contributed by atoms with Crippen molar-refractivity contribution in [3.63, 3.8) is 0 Å². The largest absolute Gasteiger partial charge is 0.493 e. The van der Waals surface area contributed by atoms with E-state index in [9.17, 15) is 4.79 Å². The number of likely N-dealkylation sites (tertiary alicyclic amines) is 1. The van der Waals surface area contributed by atoms with Crippen LogP contribution in [0.5, 0.6) is 5.75 Å². The predicted molar refractivity (Wildman–Crippen MR) is 102 cm³/mol. The lowest BCUT2D eigenvalue weighted by molar-refractivity contribution is -0.144. The summed E-state index contributed by atoms with van der Waals surface area (Å²) in [5.41, 5.74) is 1.21. The van der Waals surface area contributed by atoms with Gasteiger partial charge in [0.1, 0.15) is 5.75 Å². The predicted octanol–water partition coefficient (Wildman–Crippen LogP) is 4.05. The summed E-state index contributed by atoms with van der Waals surface area (Å²) in [6.07, 6.45) is 3.67. The van der Waals surface area contributed by atoms with E-state index in [0.717, 1.165) is 41.8 Å². The van der Waals surface area contributed by atoms with Gasteiger partial charge in [-0.3, -0.25) is 9.69 Å². The summed E-state index contributed by atoms with van der Waals surface area (Å²) in [6, 6.07) is 6.17. The Morgan fingerprint density at radius 1 is 1.32 bits per heavy atom. The van der Waals surface area contributed by atoms with E-state index in [1.165, 1.54) is 24.8 Å². The van der Waals surface area contributed by atoms with Crippen LogP contribution in [0.3, 0.4) is 0 Å². The van der Waals surface area contributed by atoms with Gasteiger partial charge in [0.25, 0.3) is 0 Å². The summed E-state index contributed by atoms with van der Waals surface area (Å²) in [7, 11) is 0. The molecule has 1 aromatic rings. The highest BCUT2D eigenvalue weighted by Crippen LogP contribution is 2.48. The highest BCUT2D eigenvalue weighted by Gasteiger charge is 2.44. The average molecular weight is 410 g/mol. The highest BCUT2D eigenvalue weighted by atomic mass is 79.9. The average Bonchev–Trinajstić information content (AvgIpc) is 3.36. The van der Waals surface area contributed by atoms with Gasteiger partial charge >= 0.3 is 5.97 Å². The molecule has 1 heterocycles. The molecule has 25 heavy (non-hydrogen) atoms. The number of hydrogen-bond donors (Lipinski definition) is 0. The lowest BCUT2D eigenvalue weighted by Gasteiger charge is -2.31. The fourth-order valence-electron chi connectivity index (χ4n) is 3.88. The molecule has 4 nitrogen and oxygen atoms in total. The minimum Gasteiger partial charge on any atom is -0.493 e. The third kappa shape index (κ3) is 5.20. The zero-order chi connectivity index (χ0) is 17.8. The van der Waals surface area contributed by atoms with Crippen LogP contribution in [-0.2, 0) is 9.53 Å². The maximum atomic E-state index is 11.6. The molecule has 138 valence electrons. The molecule has 1 saturated heterocycles. The number of carbonyl (C=O) groups excluding carboxylic acids is 1. The van der Waals surface area contributed by atoms with Crippen molar-refractivity contribution < 1.29 is 14.3 Å². The molecule has 0 bridgehead atoms. The minimum absolute atomic E-state index is 0.0940. The molecule has 2 atom stereocenters. The van der Waals surface area contributed by atoms with Gasteiger partial charge in [0.2, 0.25) is 0 Å². The van der Waals surface area contributed by atoms with Gasteiger partial charge in [0, 0.05) is 4.47 Å². The van der Waals surface area contributed by atoms with E-state index in [2.05, 4.69) is 33.8 Å². The molecule has 0 amide bonds. The van der Waals surface area contributed by atoms with E-state index < -0.39 is 0 Å². The van der Waals surface area contributed by atoms with Gasteiger partial charge in [-0.15, -0.1) is 0 Å². The van der Waals surface area contributed by atoms with Gasteiger partial charge in [0.05, 0.1) is 19.8 Å². The Kier molecular flexibility index (Phi) is 6.39. The summed E-state index contributed by atoms with van der Waals surface area (Å²) < 4.78 is 12.2. The maximum absolute atomic E-state index is 11.6. The van der Waals surface area contributed by atoms with Gasteiger partial charge in [-0.1, -0.05) is 15.9 Å². The first-order chi connectivity index (χ1) is 12.1. The van der Waals surface area contributed by atoms with E-state index in [0.29, 0.717) is 19.1 Å². The number of benzene rings is 1. The topological polar surface area (TPSA) is 38.8 Å². The van der Waals surface area contributed by atoms with Crippen molar-refractivity contribution in [2.45, 2.75) is 33.1 Å². The standard InChI is InChI=1S/C20H28BrNO3/c1-3-24-20(23)12-22-8-6-15(7-9-22)18-11-16(18)13-25-17-4-5-19(21)14(2)10-17/h4-5,10,15-16,18H,3,6-9,11-13H2,1-2H3/t16-,18-/m1/s1. The summed E-state index contributed by atoms with van der Waals surface area (Å²) in [4.78, 5) is 13.8. The van der Waals surface area contributed by atoms with Crippen molar-refractivity contribution in [3.8, 4) is 5.75 Å².